The number of hydrogen-bond acceptors (Lipinski definition) is 3. The summed E-state index contributed by atoms with van der Waals surface area (Å²) in [5.41, 5.74) is 0.00765. The standard InChI is InChI=1S/C13H16INO4S/c1-8-2-3-9(6-8)15-20(18,19)10-4-5-12(14)11(7-10)13(16)17/h4-5,7-9,15H,2-3,6H2,1H3,(H,16,17). The van der Waals surface area contributed by atoms with E-state index in [0.717, 1.165) is 19.3 Å². The number of carboxylic acid groups (broad SMARTS) is 1. The van der Waals surface area contributed by atoms with Gasteiger partial charge in [-0.15, -0.1) is 0 Å². The van der Waals surface area contributed by atoms with E-state index in [-0.39, 0.29) is 16.5 Å². The molecule has 0 aromatic heterocycles. The first-order valence-corrected chi connectivity index (χ1v) is 8.91. The second-order valence-corrected chi connectivity index (χ2v) is 8.06. The normalized spacial score (nSPS) is 22.9. The maximum Gasteiger partial charge on any atom is 0.336 e. The summed E-state index contributed by atoms with van der Waals surface area (Å²) in [6.07, 6.45) is 2.67. The zero-order valence-electron chi connectivity index (χ0n) is 11.0. The Hall–Kier alpha value is -0.670. The van der Waals surface area contributed by atoms with Crippen LogP contribution in [0.4, 0.5) is 0 Å². The number of aromatic carboxylic acids is 1. The minimum absolute atomic E-state index is 0.00765. The number of nitrogens with one attached hydrogen (secondary N) is 1. The molecule has 2 atom stereocenters. The molecule has 1 aliphatic carbocycles. The van der Waals surface area contributed by atoms with Crippen molar-refractivity contribution in [1.29, 1.82) is 0 Å². The molecule has 1 saturated carbocycles. The zero-order chi connectivity index (χ0) is 14.9. The molecule has 0 bridgehead atoms. The van der Waals surface area contributed by atoms with Gasteiger partial charge < -0.3 is 5.11 Å². The highest BCUT2D eigenvalue weighted by atomic mass is 127. The van der Waals surface area contributed by atoms with Crippen molar-refractivity contribution >= 4 is 38.6 Å². The number of carbonyl (C=O) groups is 1. The van der Waals surface area contributed by atoms with E-state index < -0.39 is 16.0 Å². The number of carboxylic acids is 1. The van der Waals surface area contributed by atoms with Gasteiger partial charge in [-0.2, -0.15) is 0 Å². The number of benzene rings is 1. The van der Waals surface area contributed by atoms with Gasteiger partial charge in [0.25, 0.3) is 0 Å². The Bertz CT molecular complexity index is 629. The molecule has 1 fully saturated rings. The summed E-state index contributed by atoms with van der Waals surface area (Å²) in [7, 11) is -3.66. The topological polar surface area (TPSA) is 83.5 Å². The van der Waals surface area contributed by atoms with E-state index in [0.29, 0.717) is 9.49 Å². The molecule has 0 spiro atoms. The average molecular weight is 409 g/mol. The monoisotopic (exact) mass is 409 g/mol. The molecule has 1 aliphatic rings. The third kappa shape index (κ3) is 3.50. The van der Waals surface area contributed by atoms with Gasteiger partial charge in [-0.1, -0.05) is 6.92 Å². The van der Waals surface area contributed by atoms with Gasteiger partial charge >= 0.3 is 5.97 Å². The number of rotatable bonds is 4. The SMILES string of the molecule is CC1CCC(NS(=O)(=O)c2ccc(I)c(C(=O)O)c2)C1. The van der Waals surface area contributed by atoms with E-state index >= 15 is 0 Å². The lowest BCUT2D eigenvalue weighted by atomic mass is 10.1. The van der Waals surface area contributed by atoms with Gasteiger partial charge in [0.15, 0.2) is 0 Å². The van der Waals surface area contributed by atoms with Crippen LogP contribution in [0.15, 0.2) is 23.1 Å². The third-order valence-electron chi connectivity index (χ3n) is 3.50. The zero-order valence-corrected chi connectivity index (χ0v) is 13.9. The molecule has 2 N–H and O–H groups in total. The average Bonchev–Trinajstić information content (AvgIpc) is 2.73. The van der Waals surface area contributed by atoms with Crippen molar-refractivity contribution in [3.8, 4) is 0 Å². The fourth-order valence-corrected chi connectivity index (χ4v) is 4.31. The van der Waals surface area contributed by atoms with Crippen molar-refractivity contribution in [2.24, 2.45) is 5.92 Å². The Labute approximate surface area is 132 Å². The van der Waals surface area contributed by atoms with Crippen LogP contribution in [0.3, 0.4) is 0 Å². The molecular formula is C13H16INO4S. The number of sulfonamides is 1. The minimum Gasteiger partial charge on any atom is -0.478 e. The van der Waals surface area contributed by atoms with E-state index in [2.05, 4.69) is 11.6 Å². The quantitative estimate of drug-likeness (QED) is 0.749. The summed E-state index contributed by atoms with van der Waals surface area (Å²) in [5, 5.41) is 9.05. The fourth-order valence-electron chi connectivity index (χ4n) is 2.44. The van der Waals surface area contributed by atoms with Crippen molar-refractivity contribution in [3.63, 3.8) is 0 Å². The minimum atomic E-state index is -3.66. The van der Waals surface area contributed by atoms with Gasteiger partial charge in [-0.3, -0.25) is 0 Å². The molecule has 7 heteroatoms. The van der Waals surface area contributed by atoms with Gasteiger partial charge in [0.1, 0.15) is 0 Å². The second-order valence-electron chi connectivity index (χ2n) is 5.18. The van der Waals surface area contributed by atoms with Crippen LogP contribution >= 0.6 is 22.6 Å². The first-order chi connectivity index (χ1) is 9.29. The molecule has 1 aromatic rings. The van der Waals surface area contributed by atoms with E-state index in [9.17, 15) is 13.2 Å². The van der Waals surface area contributed by atoms with Crippen LogP contribution in [0.2, 0.25) is 0 Å². The van der Waals surface area contributed by atoms with Crippen molar-refractivity contribution in [3.05, 3.63) is 27.3 Å². The van der Waals surface area contributed by atoms with E-state index in [1.54, 1.807) is 0 Å². The molecule has 20 heavy (non-hydrogen) atoms. The van der Waals surface area contributed by atoms with Crippen LogP contribution in [0.1, 0.15) is 36.5 Å². The Morgan fingerprint density at radius 2 is 2.10 bits per heavy atom. The molecule has 0 saturated heterocycles. The van der Waals surface area contributed by atoms with E-state index in [4.69, 9.17) is 5.11 Å². The van der Waals surface area contributed by atoms with Crippen LogP contribution in [0.5, 0.6) is 0 Å². The van der Waals surface area contributed by atoms with Crippen LogP contribution in [-0.4, -0.2) is 25.5 Å². The Morgan fingerprint density at radius 1 is 1.40 bits per heavy atom. The lowest BCUT2D eigenvalue weighted by molar-refractivity contribution is 0.0695. The fraction of sp³-hybridized carbons (Fsp3) is 0.462. The van der Waals surface area contributed by atoms with Crippen LogP contribution in [0, 0.1) is 9.49 Å². The highest BCUT2D eigenvalue weighted by molar-refractivity contribution is 14.1. The molecule has 0 amide bonds. The highest BCUT2D eigenvalue weighted by Gasteiger charge is 2.27. The summed E-state index contributed by atoms with van der Waals surface area (Å²) in [5.74, 6) is -0.602. The molecule has 2 unspecified atom stereocenters. The summed E-state index contributed by atoms with van der Waals surface area (Å²) in [6.45, 7) is 2.10. The molecular weight excluding hydrogens is 393 g/mol. The Balaban J connectivity index is 2.25. The van der Waals surface area contributed by atoms with Gasteiger partial charge in [0.2, 0.25) is 10.0 Å². The predicted octanol–water partition coefficient (Wildman–Crippen LogP) is 2.46. The maximum absolute atomic E-state index is 12.3. The third-order valence-corrected chi connectivity index (χ3v) is 5.95. The predicted molar refractivity (Wildman–Crippen MR) is 83.2 cm³/mol. The summed E-state index contributed by atoms with van der Waals surface area (Å²) >= 11 is 1.88. The summed E-state index contributed by atoms with van der Waals surface area (Å²) in [4.78, 5) is 11.1. The lowest BCUT2D eigenvalue weighted by Gasteiger charge is -2.13. The van der Waals surface area contributed by atoms with Crippen molar-refractivity contribution in [1.82, 2.24) is 4.72 Å². The van der Waals surface area contributed by atoms with Gasteiger partial charge in [-0.25, -0.2) is 17.9 Å². The molecule has 1 aromatic carbocycles. The van der Waals surface area contributed by atoms with Crippen molar-refractivity contribution in [2.45, 2.75) is 37.1 Å². The first kappa shape index (κ1) is 15.7. The van der Waals surface area contributed by atoms with Crippen LogP contribution in [-0.2, 0) is 10.0 Å². The van der Waals surface area contributed by atoms with Crippen molar-refractivity contribution < 1.29 is 18.3 Å². The van der Waals surface area contributed by atoms with Gasteiger partial charge in [0.05, 0.1) is 10.5 Å². The molecule has 0 radical (unpaired) electrons. The summed E-state index contributed by atoms with van der Waals surface area (Å²) in [6, 6.07) is 4.11. The van der Waals surface area contributed by atoms with Crippen LogP contribution < -0.4 is 4.72 Å². The molecule has 5 nitrogen and oxygen atoms in total. The van der Waals surface area contributed by atoms with Gasteiger partial charge in [-0.05, 0) is 66.0 Å². The Morgan fingerprint density at radius 3 is 2.65 bits per heavy atom. The second kappa shape index (κ2) is 5.98. The van der Waals surface area contributed by atoms with E-state index in [1.807, 2.05) is 22.6 Å². The number of halogens is 1. The maximum atomic E-state index is 12.3. The first-order valence-electron chi connectivity index (χ1n) is 6.35. The lowest BCUT2D eigenvalue weighted by Crippen LogP contribution is -2.33. The van der Waals surface area contributed by atoms with Crippen molar-refractivity contribution in [2.75, 3.05) is 0 Å². The number of hydrogen-bond donors (Lipinski definition) is 2. The highest BCUT2D eigenvalue weighted by Crippen LogP contribution is 2.26. The molecule has 0 aliphatic heterocycles. The molecule has 0 heterocycles. The van der Waals surface area contributed by atoms with Gasteiger partial charge in [0, 0.05) is 9.61 Å². The molecule has 2 rings (SSSR count). The largest absolute Gasteiger partial charge is 0.478 e. The Kier molecular flexibility index (Phi) is 4.70. The van der Waals surface area contributed by atoms with E-state index in [1.165, 1.54) is 18.2 Å². The van der Waals surface area contributed by atoms with Crippen LogP contribution in [0.25, 0.3) is 0 Å². The smallest absolute Gasteiger partial charge is 0.336 e. The summed E-state index contributed by atoms with van der Waals surface area (Å²) < 4.78 is 27.7. The molecule has 110 valence electrons.